The summed E-state index contributed by atoms with van der Waals surface area (Å²) in [7, 11) is 2.01. The first-order valence-electron chi connectivity index (χ1n) is 10.1. The minimum Gasteiger partial charge on any atom is -0.353 e. The molecule has 1 aliphatic carbocycles. The summed E-state index contributed by atoms with van der Waals surface area (Å²) in [5, 5.41) is 12.7. The molecular formula is C21H26FN5O2. The number of aromatic amines is 1. The van der Waals surface area contributed by atoms with Crippen molar-refractivity contribution in [2.45, 2.75) is 50.2 Å². The molecule has 2 aliphatic rings. The van der Waals surface area contributed by atoms with Crippen molar-refractivity contribution in [1.82, 2.24) is 25.7 Å². The fourth-order valence-electron chi connectivity index (χ4n) is 3.94. The highest BCUT2D eigenvalue weighted by molar-refractivity contribution is 5.99. The Hall–Kier alpha value is -2.74. The number of halogens is 1. The van der Waals surface area contributed by atoms with Crippen molar-refractivity contribution < 1.29 is 14.0 Å². The molecule has 2 heterocycles. The number of hydrogen-bond donors (Lipinski definition) is 3. The smallest absolute Gasteiger partial charge is 0.255 e. The van der Waals surface area contributed by atoms with E-state index in [0.29, 0.717) is 35.8 Å². The van der Waals surface area contributed by atoms with Gasteiger partial charge in [-0.3, -0.25) is 19.6 Å². The van der Waals surface area contributed by atoms with Crippen molar-refractivity contribution in [2.24, 2.45) is 0 Å². The van der Waals surface area contributed by atoms with E-state index in [1.165, 1.54) is 18.3 Å². The highest BCUT2D eigenvalue weighted by Gasteiger charge is 2.33. The predicted octanol–water partition coefficient (Wildman–Crippen LogP) is 2.08. The zero-order chi connectivity index (χ0) is 20.4. The Balaban J connectivity index is 1.32. The van der Waals surface area contributed by atoms with Crippen LogP contribution in [0, 0.1) is 5.82 Å². The molecule has 1 aliphatic heterocycles. The molecule has 1 saturated carbocycles. The van der Waals surface area contributed by atoms with Crippen molar-refractivity contribution in [3.05, 3.63) is 41.8 Å². The summed E-state index contributed by atoms with van der Waals surface area (Å²) in [6.45, 7) is 0.490. The molecule has 7 nitrogen and oxygen atoms in total. The number of nitrogens with one attached hydrogen (secondary N) is 3. The number of benzene rings is 1. The molecule has 8 heteroatoms. The van der Waals surface area contributed by atoms with E-state index < -0.39 is 0 Å². The van der Waals surface area contributed by atoms with Gasteiger partial charge in [0.2, 0.25) is 5.91 Å². The van der Waals surface area contributed by atoms with Crippen molar-refractivity contribution in [3.63, 3.8) is 0 Å². The highest BCUT2D eigenvalue weighted by atomic mass is 19.1. The van der Waals surface area contributed by atoms with Crippen LogP contribution in [-0.2, 0) is 4.79 Å². The molecule has 2 fully saturated rings. The molecule has 2 aromatic rings. The molecule has 1 aromatic heterocycles. The number of rotatable bonds is 7. The summed E-state index contributed by atoms with van der Waals surface area (Å²) >= 11 is 0. The zero-order valence-corrected chi connectivity index (χ0v) is 16.5. The third-order valence-corrected chi connectivity index (χ3v) is 5.84. The van der Waals surface area contributed by atoms with Crippen LogP contribution in [0.15, 0.2) is 30.5 Å². The second-order valence-electron chi connectivity index (χ2n) is 7.98. The zero-order valence-electron chi connectivity index (χ0n) is 16.5. The van der Waals surface area contributed by atoms with Gasteiger partial charge in [0.1, 0.15) is 5.82 Å². The summed E-state index contributed by atoms with van der Waals surface area (Å²) in [6.07, 6.45) is 6.01. The van der Waals surface area contributed by atoms with E-state index in [1.54, 1.807) is 12.1 Å². The van der Waals surface area contributed by atoms with Gasteiger partial charge in [0.05, 0.1) is 17.5 Å². The van der Waals surface area contributed by atoms with Gasteiger partial charge in [0, 0.05) is 36.7 Å². The van der Waals surface area contributed by atoms with E-state index in [1.807, 2.05) is 7.05 Å². The molecule has 1 saturated heterocycles. The van der Waals surface area contributed by atoms with E-state index in [0.717, 1.165) is 25.7 Å². The van der Waals surface area contributed by atoms with E-state index in [9.17, 15) is 14.0 Å². The third-order valence-electron chi connectivity index (χ3n) is 5.84. The number of likely N-dealkylation sites (tertiary alicyclic amines) is 1. The molecule has 2 atom stereocenters. The average Bonchev–Trinajstić information content (AvgIpc) is 3.24. The molecule has 29 heavy (non-hydrogen) atoms. The van der Waals surface area contributed by atoms with E-state index in [4.69, 9.17) is 0 Å². The van der Waals surface area contributed by atoms with Crippen LogP contribution in [0.4, 0.5) is 4.39 Å². The lowest BCUT2D eigenvalue weighted by atomic mass is 10.1. The van der Waals surface area contributed by atoms with Crippen LogP contribution in [-0.4, -0.2) is 58.6 Å². The Morgan fingerprint density at radius 1 is 1.24 bits per heavy atom. The van der Waals surface area contributed by atoms with Gasteiger partial charge in [-0.25, -0.2) is 4.39 Å². The second-order valence-corrected chi connectivity index (χ2v) is 7.98. The molecule has 0 unspecified atom stereocenters. The fourth-order valence-corrected chi connectivity index (χ4v) is 3.94. The maximum Gasteiger partial charge on any atom is 0.255 e. The lowest BCUT2D eigenvalue weighted by Crippen LogP contribution is -2.42. The van der Waals surface area contributed by atoms with Gasteiger partial charge < -0.3 is 10.6 Å². The number of amides is 2. The number of hydrogen-bond acceptors (Lipinski definition) is 4. The van der Waals surface area contributed by atoms with Crippen molar-refractivity contribution in [1.29, 1.82) is 0 Å². The highest BCUT2D eigenvalue weighted by Crippen LogP contribution is 2.26. The first kappa shape index (κ1) is 19.6. The van der Waals surface area contributed by atoms with Gasteiger partial charge in [-0.05, 0) is 44.9 Å². The minimum atomic E-state index is -0.368. The van der Waals surface area contributed by atoms with Gasteiger partial charge in [-0.15, -0.1) is 0 Å². The molecule has 1 aromatic carbocycles. The minimum absolute atomic E-state index is 0.118. The maximum absolute atomic E-state index is 13.5. The van der Waals surface area contributed by atoms with Gasteiger partial charge in [-0.2, -0.15) is 5.10 Å². The number of nitrogens with zero attached hydrogens (tertiary/aromatic N) is 2. The van der Waals surface area contributed by atoms with Crippen LogP contribution in [0.5, 0.6) is 0 Å². The largest absolute Gasteiger partial charge is 0.353 e. The van der Waals surface area contributed by atoms with Crippen molar-refractivity contribution in [2.75, 3.05) is 13.6 Å². The maximum atomic E-state index is 13.5. The molecule has 4 rings (SSSR count). The predicted molar refractivity (Wildman–Crippen MR) is 107 cm³/mol. The average molecular weight is 399 g/mol. The van der Waals surface area contributed by atoms with Gasteiger partial charge in [0.15, 0.2) is 0 Å². The SMILES string of the molecule is CN1[C@@H](CC(=O)NC2CC2)CC[C@H]1CNC(=O)c1cn[nH]c1-c1cccc(F)c1. The number of likely N-dealkylation sites (N-methyl/N-ethyl adjacent to an activating group) is 1. The first-order valence-corrected chi connectivity index (χ1v) is 10.1. The fraction of sp³-hybridized carbons (Fsp3) is 0.476. The Bertz CT molecular complexity index is 895. The topological polar surface area (TPSA) is 90.1 Å². The number of carbonyl (C=O) groups excluding carboxylic acids is 2. The summed E-state index contributed by atoms with van der Waals surface area (Å²) in [5.74, 6) is -0.499. The van der Waals surface area contributed by atoms with Crippen LogP contribution >= 0.6 is 0 Å². The van der Waals surface area contributed by atoms with Gasteiger partial charge >= 0.3 is 0 Å². The van der Waals surface area contributed by atoms with Crippen molar-refractivity contribution >= 4 is 11.8 Å². The Morgan fingerprint density at radius 3 is 2.79 bits per heavy atom. The van der Waals surface area contributed by atoms with E-state index in [2.05, 4.69) is 25.7 Å². The van der Waals surface area contributed by atoms with Crippen LogP contribution in [0.1, 0.15) is 42.5 Å². The third kappa shape index (κ3) is 4.64. The summed E-state index contributed by atoms with van der Waals surface area (Å²) in [5.41, 5.74) is 1.46. The lowest BCUT2D eigenvalue weighted by molar-refractivity contribution is -0.122. The monoisotopic (exact) mass is 399 g/mol. The summed E-state index contributed by atoms with van der Waals surface area (Å²) in [4.78, 5) is 27.0. The summed E-state index contributed by atoms with van der Waals surface area (Å²) < 4.78 is 13.5. The normalized spacial score (nSPS) is 21.9. The van der Waals surface area contributed by atoms with E-state index in [-0.39, 0.29) is 29.7 Å². The Kier molecular flexibility index (Phi) is 5.62. The van der Waals surface area contributed by atoms with Crippen molar-refractivity contribution in [3.8, 4) is 11.3 Å². The van der Waals surface area contributed by atoms with Crippen LogP contribution in [0.3, 0.4) is 0 Å². The molecule has 0 bridgehead atoms. The molecule has 0 spiro atoms. The quantitative estimate of drug-likeness (QED) is 0.665. The molecule has 0 radical (unpaired) electrons. The molecule has 2 amide bonds. The van der Waals surface area contributed by atoms with Crippen LogP contribution in [0.2, 0.25) is 0 Å². The van der Waals surface area contributed by atoms with Gasteiger partial charge in [0.25, 0.3) is 5.91 Å². The molecular weight excluding hydrogens is 373 g/mol. The first-order chi connectivity index (χ1) is 14.0. The van der Waals surface area contributed by atoms with E-state index >= 15 is 0 Å². The number of H-pyrrole nitrogens is 1. The van der Waals surface area contributed by atoms with Gasteiger partial charge in [-0.1, -0.05) is 12.1 Å². The standard InChI is InChI=1S/C21H26FN5O2/c1-27-16(10-19(28)25-15-5-6-15)7-8-17(27)11-23-21(29)18-12-24-26-20(18)13-3-2-4-14(22)9-13/h2-4,9,12,15-17H,5-8,10-11H2,1H3,(H,23,29)(H,24,26)(H,25,28)/t16-,17+/m1/s1. The van der Waals surface area contributed by atoms with Crippen LogP contribution in [0.25, 0.3) is 11.3 Å². The Labute approximate surface area is 169 Å². The Morgan fingerprint density at radius 2 is 2.03 bits per heavy atom. The summed E-state index contributed by atoms with van der Waals surface area (Å²) in [6, 6.07) is 6.82. The lowest BCUT2D eigenvalue weighted by Gasteiger charge is -2.25. The van der Waals surface area contributed by atoms with Crippen LogP contribution < -0.4 is 10.6 Å². The number of carbonyl (C=O) groups is 2. The number of aromatic nitrogens is 2. The molecule has 154 valence electrons. The molecule has 3 N–H and O–H groups in total. The second kappa shape index (κ2) is 8.32.